The largest absolute Gasteiger partial charge is 0.319 e. The summed E-state index contributed by atoms with van der Waals surface area (Å²) < 4.78 is 21.0. The van der Waals surface area contributed by atoms with Gasteiger partial charge in [-0.1, -0.05) is 12.8 Å². The average Bonchev–Trinajstić information content (AvgIpc) is 2.04. The van der Waals surface area contributed by atoms with E-state index in [1.807, 2.05) is 0 Å². The molecule has 0 spiro atoms. The van der Waals surface area contributed by atoms with Gasteiger partial charge in [0.15, 0.2) is 0 Å². The molecule has 0 N–H and O–H groups in total. The van der Waals surface area contributed by atoms with E-state index in [4.69, 9.17) is 9.05 Å². The lowest BCUT2D eigenvalue weighted by molar-refractivity contribution is 0.0129. The minimum absolute atomic E-state index is 0.240. The fraction of sp³-hybridized carbons (Fsp3) is 1.00. The van der Waals surface area contributed by atoms with Gasteiger partial charge in [0.2, 0.25) is 0 Å². The van der Waals surface area contributed by atoms with Crippen molar-refractivity contribution in [2.24, 2.45) is 5.92 Å². The number of hydrogen-bond donors (Lipinski definition) is 0. The molecule has 0 radical (unpaired) electrons. The van der Waals surface area contributed by atoms with E-state index in [9.17, 15) is 4.57 Å². The van der Waals surface area contributed by atoms with Crippen LogP contribution in [0.2, 0.25) is 0 Å². The Morgan fingerprint density at radius 2 is 2.09 bits per heavy atom. The molecule has 2 rings (SSSR count). The van der Waals surface area contributed by atoms with Gasteiger partial charge < -0.3 is 9.05 Å². The molecule has 1 saturated heterocycles. The Morgan fingerprint density at radius 1 is 1.27 bits per heavy atom. The molecule has 0 aromatic rings. The van der Waals surface area contributed by atoms with Gasteiger partial charge >= 0.3 is 8.25 Å². The van der Waals surface area contributed by atoms with Gasteiger partial charge in [0.1, 0.15) is 0 Å². The maximum Gasteiger partial charge on any atom is 0.319 e. The zero-order chi connectivity index (χ0) is 7.68. The lowest BCUT2D eigenvalue weighted by Gasteiger charge is -2.34. The molecule has 2 aliphatic rings. The van der Waals surface area contributed by atoms with Gasteiger partial charge in [-0.15, -0.1) is 0 Å². The Balaban J connectivity index is 1.98. The van der Waals surface area contributed by atoms with Crippen molar-refractivity contribution in [3.05, 3.63) is 0 Å². The van der Waals surface area contributed by atoms with Crippen LogP contribution in [0.5, 0.6) is 0 Å². The van der Waals surface area contributed by atoms with Crippen molar-refractivity contribution in [2.45, 2.75) is 31.8 Å². The molecule has 1 aliphatic carbocycles. The van der Waals surface area contributed by atoms with Crippen molar-refractivity contribution < 1.29 is 13.6 Å². The van der Waals surface area contributed by atoms with Crippen LogP contribution in [0, 0.1) is 5.92 Å². The second kappa shape index (κ2) is 3.26. The number of hydrogen-bond acceptors (Lipinski definition) is 3. The SMILES string of the molecule is O=[PH]1OCC2CCCCC2O1. The minimum atomic E-state index is -2.11. The molecule has 1 aliphatic heterocycles. The van der Waals surface area contributed by atoms with Crippen LogP contribution in [-0.4, -0.2) is 12.7 Å². The summed E-state index contributed by atoms with van der Waals surface area (Å²) in [7, 11) is -2.11. The van der Waals surface area contributed by atoms with E-state index in [0.29, 0.717) is 12.5 Å². The molecule has 0 bridgehead atoms. The molecule has 64 valence electrons. The standard InChI is InChI=1S/C7H13O3P/c8-11-9-5-6-3-1-2-4-7(6)10-11/h6-7,11H,1-5H2. The molecular formula is C7H13O3P. The van der Waals surface area contributed by atoms with E-state index in [-0.39, 0.29) is 6.10 Å². The quantitative estimate of drug-likeness (QED) is 0.529. The first kappa shape index (κ1) is 7.78. The summed E-state index contributed by atoms with van der Waals surface area (Å²) in [5.74, 6) is 0.520. The average molecular weight is 176 g/mol. The molecular weight excluding hydrogens is 163 g/mol. The zero-order valence-electron chi connectivity index (χ0n) is 6.41. The van der Waals surface area contributed by atoms with Crippen LogP contribution in [0.25, 0.3) is 0 Å². The smallest absolute Gasteiger partial charge is 0.310 e. The van der Waals surface area contributed by atoms with Crippen molar-refractivity contribution in [3.63, 3.8) is 0 Å². The van der Waals surface area contributed by atoms with E-state index in [1.54, 1.807) is 0 Å². The van der Waals surface area contributed by atoms with Crippen LogP contribution in [0.1, 0.15) is 25.7 Å². The molecule has 4 heteroatoms. The summed E-state index contributed by atoms with van der Waals surface area (Å²) in [5, 5.41) is 0. The maximum absolute atomic E-state index is 10.9. The topological polar surface area (TPSA) is 35.5 Å². The van der Waals surface area contributed by atoms with E-state index in [2.05, 4.69) is 0 Å². The summed E-state index contributed by atoms with van der Waals surface area (Å²) in [5.41, 5.74) is 0. The molecule has 2 fully saturated rings. The fourth-order valence-corrected chi connectivity index (χ4v) is 2.83. The van der Waals surface area contributed by atoms with E-state index >= 15 is 0 Å². The van der Waals surface area contributed by atoms with Crippen molar-refractivity contribution in [3.8, 4) is 0 Å². The first-order valence-corrected chi connectivity index (χ1v) is 5.42. The Labute approximate surface area is 67.0 Å². The minimum Gasteiger partial charge on any atom is -0.310 e. The molecule has 1 saturated carbocycles. The van der Waals surface area contributed by atoms with Gasteiger partial charge in [-0.2, -0.15) is 0 Å². The highest BCUT2D eigenvalue weighted by Crippen LogP contribution is 2.41. The third-order valence-electron chi connectivity index (χ3n) is 2.50. The van der Waals surface area contributed by atoms with Crippen LogP contribution in [0.15, 0.2) is 0 Å². The highest BCUT2D eigenvalue weighted by molar-refractivity contribution is 7.33. The lowest BCUT2D eigenvalue weighted by Crippen LogP contribution is -2.32. The molecule has 1 heterocycles. The molecule has 0 aromatic carbocycles. The maximum atomic E-state index is 10.9. The van der Waals surface area contributed by atoms with E-state index in [1.165, 1.54) is 19.3 Å². The Morgan fingerprint density at radius 3 is 3.00 bits per heavy atom. The van der Waals surface area contributed by atoms with Gasteiger partial charge in [-0.3, -0.25) is 4.57 Å². The Bertz CT molecular complexity index is 171. The predicted molar refractivity (Wildman–Crippen MR) is 41.8 cm³/mol. The van der Waals surface area contributed by atoms with Gasteiger partial charge in [0, 0.05) is 5.92 Å². The van der Waals surface area contributed by atoms with Crippen LogP contribution in [0.4, 0.5) is 0 Å². The van der Waals surface area contributed by atoms with Crippen LogP contribution in [-0.2, 0) is 13.6 Å². The normalized spacial score (nSPS) is 44.9. The Hall–Kier alpha value is 0.150. The molecule has 3 nitrogen and oxygen atoms in total. The summed E-state index contributed by atoms with van der Waals surface area (Å²) in [6.07, 6.45) is 4.99. The van der Waals surface area contributed by atoms with Crippen LogP contribution >= 0.6 is 8.25 Å². The molecule has 3 atom stereocenters. The van der Waals surface area contributed by atoms with Gasteiger partial charge in [0.25, 0.3) is 0 Å². The van der Waals surface area contributed by atoms with Crippen LogP contribution in [0.3, 0.4) is 0 Å². The number of rotatable bonds is 0. The zero-order valence-corrected chi connectivity index (χ0v) is 7.41. The highest BCUT2D eigenvalue weighted by Gasteiger charge is 2.31. The molecule has 3 unspecified atom stereocenters. The predicted octanol–water partition coefficient (Wildman–Crippen LogP) is 1.98. The first-order valence-electron chi connectivity index (χ1n) is 4.19. The first-order chi connectivity index (χ1) is 5.36. The second-order valence-electron chi connectivity index (χ2n) is 3.26. The second-order valence-corrected chi connectivity index (χ2v) is 4.29. The monoisotopic (exact) mass is 176 g/mol. The third kappa shape index (κ3) is 1.66. The van der Waals surface area contributed by atoms with Crippen molar-refractivity contribution >= 4 is 8.25 Å². The molecule has 11 heavy (non-hydrogen) atoms. The van der Waals surface area contributed by atoms with Crippen molar-refractivity contribution in [1.29, 1.82) is 0 Å². The Kier molecular flexibility index (Phi) is 2.30. The van der Waals surface area contributed by atoms with E-state index < -0.39 is 8.25 Å². The van der Waals surface area contributed by atoms with Crippen LogP contribution < -0.4 is 0 Å². The highest BCUT2D eigenvalue weighted by atomic mass is 31.1. The summed E-state index contributed by atoms with van der Waals surface area (Å²) in [6, 6.07) is 0. The number of fused-ring (bicyclic) bond motifs is 1. The van der Waals surface area contributed by atoms with Gasteiger partial charge in [-0.25, -0.2) is 0 Å². The van der Waals surface area contributed by atoms with Crippen molar-refractivity contribution in [2.75, 3.05) is 6.61 Å². The molecule has 0 amide bonds. The third-order valence-corrected chi connectivity index (χ3v) is 3.40. The fourth-order valence-electron chi connectivity index (χ4n) is 1.85. The summed E-state index contributed by atoms with van der Waals surface area (Å²) >= 11 is 0. The lowest BCUT2D eigenvalue weighted by atomic mass is 9.87. The van der Waals surface area contributed by atoms with E-state index in [0.717, 1.165) is 6.42 Å². The van der Waals surface area contributed by atoms with Gasteiger partial charge in [-0.05, 0) is 12.8 Å². The summed E-state index contributed by atoms with van der Waals surface area (Å²) in [4.78, 5) is 0. The van der Waals surface area contributed by atoms with Gasteiger partial charge in [0.05, 0.1) is 12.7 Å². The van der Waals surface area contributed by atoms with Crippen molar-refractivity contribution in [1.82, 2.24) is 0 Å². The molecule has 0 aromatic heterocycles. The summed E-state index contributed by atoms with van der Waals surface area (Å²) in [6.45, 7) is 0.655.